The number of nitrogens with zero attached hydrogens (tertiary/aromatic N) is 1. The Labute approximate surface area is 156 Å². The molecule has 0 aromatic heterocycles. The van der Waals surface area contributed by atoms with E-state index in [2.05, 4.69) is 0 Å². The third-order valence-corrected chi connectivity index (χ3v) is 5.34. The number of fused-ring (bicyclic) bond motifs is 1. The largest absolute Gasteiger partial charge is 0.478 e. The molecular weight excluding hydrogens is 357 g/mol. The summed E-state index contributed by atoms with van der Waals surface area (Å²) in [5, 5.41) is 9.09. The van der Waals surface area contributed by atoms with Gasteiger partial charge in [-0.2, -0.15) is 0 Å². The number of aromatic carboxylic acids is 1. The Morgan fingerprint density at radius 2 is 2.00 bits per heavy atom. The zero-order chi connectivity index (χ0) is 19.0. The molecule has 2 aromatic carbocycles. The highest BCUT2D eigenvalue weighted by atomic mass is 35.5. The Morgan fingerprint density at radius 1 is 1.27 bits per heavy atom. The minimum atomic E-state index is -1.01. The molecule has 0 spiro atoms. The van der Waals surface area contributed by atoms with Crippen molar-refractivity contribution in [2.24, 2.45) is 0 Å². The van der Waals surface area contributed by atoms with Crippen molar-refractivity contribution in [1.29, 1.82) is 0 Å². The molecule has 3 rings (SSSR count). The fraction of sp³-hybridized carbons (Fsp3) is 0.300. The summed E-state index contributed by atoms with van der Waals surface area (Å²) in [6.45, 7) is 4.29. The summed E-state index contributed by atoms with van der Waals surface area (Å²) < 4.78 is 13.8. The van der Waals surface area contributed by atoms with Gasteiger partial charge in [0.15, 0.2) is 0 Å². The van der Waals surface area contributed by atoms with E-state index in [0.717, 1.165) is 11.1 Å². The van der Waals surface area contributed by atoms with Crippen LogP contribution < -0.4 is 0 Å². The number of carboxylic acids is 1. The SMILES string of the molecule is CCN(C(=O)c1cccc(F)c1Cl)[C@@H]1CC(C)c2ccc(C(=O)O)cc21. The zero-order valence-corrected chi connectivity index (χ0v) is 15.3. The minimum Gasteiger partial charge on any atom is -0.478 e. The molecule has 0 fully saturated rings. The lowest BCUT2D eigenvalue weighted by molar-refractivity contribution is 0.0684. The second kappa shape index (κ2) is 7.08. The van der Waals surface area contributed by atoms with Crippen molar-refractivity contribution in [2.45, 2.75) is 32.2 Å². The maximum Gasteiger partial charge on any atom is 0.335 e. The van der Waals surface area contributed by atoms with Crippen LogP contribution in [0.3, 0.4) is 0 Å². The predicted molar refractivity (Wildman–Crippen MR) is 97.3 cm³/mol. The van der Waals surface area contributed by atoms with Crippen LogP contribution >= 0.6 is 11.6 Å². The Balaban J connectivity index is 2.02. The van der Waals surface area contributed by atoms with Crippen molar-refractivity contribution >= 4 is 23.5 Å². The first kappa shape index (κ1) is 18.4. The van der Waals surface area contributed by atoms with E-state index in [-0.39, 0.29) is 34.0 Å². The number of amides is 1. The highest BCUT2D eigenvalue weighted by molar-refractivity contribution is 6.34. The van der Waals surface area contributed by atoms with Gasteiger partial charge in [0.2, 0.25) is 0 Å². The highest BCUT2D eigenvalue weighted by Crippen LogP contribution is 2.44. The molecule has 26 heavy (non-hydrogen) atoms. The van der Waals surface area contributed by atoms with E-state index in [4.69, 9.17) is 11.6 Å². The van der Waals surface area contributed by atoms with Gasteiger partial charge >= 0.3 is 5.97 Å². The molecule has 2 atom stereocenters. The summed E-state index contributed by atoms with van der Waals surface area (Å²) in [6.07, 6.45) is 0.685. The summed E-state index contributed by atoms with van der Waals surface area (Å²) in [6, 6.07) is 8.94. The van der Waals surface area contributed by atoms with E-state index in [1.807, 2.05) is 19.9 Å². The van der Waals surface area contributed by atoms with Crippen molar-refractivity contribution in [1.82, 2.24) is 4.90 Å². The number of hydrogen-bond donors (Lipinski definition) is 1. The Hall–Kier alpha value is -2.40. The third-order valence-electron chi connectivity index (χ3n) is 4.96. The van der Waals surface area contributed by atoms with Crippen LogP contribution in [0.2, 0.25) is 5.02 Å². The van der Waals surface area contributed by atoms with Crippen molar-refractivity contribution in [3.05, 3.63) is 69.5 Å². The maximum absolute atomic E-state index is 13.8. The number of carboxylic acid groups (broad SMARTS) is 1. The van der Waals surface area contributed by atoms with E-state index in [0.29, 0.717) is 13.0 Å². The second-order valence-corrected chi connectivity index (χ2v) is 6.87. The zero-order valence-electron chi connectivity index (χ0n) is 14.5. The maximum atomic E-state index is 13.8. The van der Waals surface area contributed by atoms with Gasteiger partial charge in [0.25, 0.3) is 5.91 Å². The highest BCUT2D eigenvalue weighted by Gasteiger charge is 2.35. The van der Waals surface area contributed by atoms with Gasteiger partial charge in [0, 0.05) is 6.54 Å². The van der Waals surface area contributed by atoms with Gasteiger partial charge in [-0.15, -0.1) is 0 Å². The van der Waals surface area contributed by atoms with Crippen LogP contribution in [-0.2, 0) is 0 Å². The molecule has 1 aliphatic rings. The molecule has 0 saturated heterocycles. The summed E-state index contributed by atoms with van der Waals surface area (Å²) >= 11 is 5.99. The Bertz CT molecular complexity index is 883. The molecule has 0 heterocycles. The number of carbonyl (C=O) groups is 2. The lowest BCUT2D eigenvalue weighted by Crippen LogP contribution is -2.34. The quantitative estimate of drug-likeness (QED) is 0.827. The topological polar surface area (TPSA) is 57.6 Å². The van der Waals surface area contributed by atoms with E-state index in [1.54, 1.807) is 17.0 Å². The summed E-state index contributed by atoms with van der Waals surface area (Å²) in [4.78, 5) is 26.0. The molecule has 1 aliphatic carbocycles. The Morgan fingerprint density at radius 3 is 2.65 bits per heavy atom. The lowest BCUT2D eigenvalue weighted by Gasteiger charge is -2.29. The number of halogens is 2. The van der Waals surface area contributed by atoms with Crippen molar-refractivity contribution < 1.29 is 19.1 Å². The van der Waals surface area contributed by atoms with Crippen molar-refractivity contribution in [3.63, 3.8) is 0 Å². The van der Waals surface area contributed by atoms with E-state index >= 15 is 0 Å². The molecule has 4 nitrogen and oxygen atoms in total. The fourth-order valence-electron chi connectivity index (χ4n) is 3.66. The molecule has 6 heteroatoms. The molecule has 0 saturated carbocycles. The number of benzene rings is 2. The van der Waals surface area contributed by atoms with Gasteiger partial charge in [-0.1, -0.05) is 30.7 Å². The molecular formula is C20H19ClFNO3. The lowest BCUT2D eigenvalue weighted by atomic mass is 10.0. The average molecular weight is 376 g/mol. The van der Waals surface area contributed by atoms with Gasteiger partial charge in [-0.05, 0) is 54.7 Å². The number of rotatable bonds is 4. The average Bonchev–Trinajstić information content (AvgIpc) is 2.94. The summed E-state index contributed by atoms with van der Waals surface area (Å²) in [7, 11) is 0. The minimum absolute atomic E-state index is 0.115. The first-order valence-electron chi connectivity index (χ1n) is 8.47. The summed E-state index contributed by atoms with van der Waals surface area (Å²) in [5.74, 6) is -1.80. The van der Waals surface area contributed by atoms with Gasteiger partial charge in [0.05, 0.1) is 22.2 Å². The number of hydrogen-bond acceptors (Lipinski definition) is 2. The smallest absolute Gasteiger partial charge is 0.335 e. The van der Waals surface area contributed by atoms with Crippen molar-refractivity contribution in [2.75, 3.05) is 6.54 Å². The monoisotopic (exact) mass is 375 g/mol. The normalized spacial score (nSPS) is 18.5. The van der Waals surface area contributed by atoms with Crippen LogP contribution in [0.5, 0.6) is 0 Å². The molecule has 1 amide bonds. The molecule has 1 N–H and O–H groups in total. The standard InChI is InChI=1S/C20H19ClFNO3/c1-3-23(19(24)14-5-4-6-16(22)18(14)21)17-9-11(2)13-8-7-12(20(25)26)10-15(13)17/h4-8,10-11,17H,3,9H2,1-2H3,(H,25,26)/t11?,17-/m1/s1. The predicted octanol–water partition coefficient (Wildman–Crippen LogP) is 4.89. The van der Waals surface area contributed by atoms with Crippen molar-refractivity contribution in [3.8, 4) is 0 Å². The first-order chi connectivity index (χ1) is 12.3. The number of carbonyl (C=O) groups excluding carboxylic acids is 1. The van der Waals surface area contributed by atoms with Gasteiger partial charge in [0.1, 0.15) is 5.82 Å². The molecule has 136 valence electrons. The van der Waals surface area contributed by atoms with Crippen LogP contribution in [0, 0.1) is 5.82 Å². The van der Waals surface area contributed by atoms with E-state index in [1.165, 1.54) is 18.2 Å². The van der Waals surface area contributed by atoms with Gasteiger partial charge in [-0.3, -0.25) is 4.79 Å². The second-order valence-electron chi connectivity index (χ2n) is 6.49. The van der Waals surface area contributed by atoms with Crippen LogP contribution in [0.15, 0.2) is 36.4 Å². The van der Waals surface area contributed by atoms with Crippen LogP contribution in [-0.4, -0.2) is 28.4 Å². The van der Waals surface area contributed by atoms with Gasteiger partial charge < -0.3 is 10.0 Å². The first-order valence-corrected chi connectivity index (χ1v) is 8.85. The van der Waals surface area contributed by atoms with Crippen LogP contribution in [0.1, 0.15) is 64.1 Å². The molecule has 0 bridgehead atoms. The Kier molecular flexibility index (Phi) is 5.01. The molecule has 0 aliphatic heterocycles. The van der Waals surface area contributed by atoms with Gasteiger partial charge in [-0.25, -0.2) is 9.18 Å². The fourth-order valence-corrected chi connectivity index (χ4v) is 3.87. The third kappa shape index (κ3) is 3.07. The van der Waals surface area contributed by atoms with Crippen LogP contribution in [0.25, 0.3) is 0 Å². The molecule has 0 radical (unpaired) electrons. The molecule has 1 unspecified atom stereocenters. The van der Waals surface area contributed by atoms with E-state index in [9.17, 15) is 19.1 Å². The molecule has 2 aromatic rings. The van der Waals surface area contributed by atoms with E-state index < -0.39 is 11.8 Å². The summed E-state index contributed by atoms with van der Waals surface area (Å²) in [5.41, 5.74) is 2.18. The van der Waals surface area contributed by atoms with Crippen LogP contribution in [0.4, 0.5) is 4.39 Å².